The van der Waals surface area contributed by atoms with E-state index >= 15 is 0 Å². The van der Waals surface area contributed by atoms with E-state index in [1.54, 1.807) is 37.3 Å². The third-order valence-electron chi connectivity index (χ3n) is 4.12. The van der Waals surface area contributed by atoms with E-state index in [0.29, 0.717) is 17.1 Å². The van der Waals surface area contributed by atoms with Gasteiger partial charge < -0.3 is 5.32 Å². The third-order valence-corrected chi connectivity index (χ3v) is 7.33. The molecular weight excluding hydrogens is 430 g/mol. The number of carbonyl (C=O) groups excluding carboxylic acids is 1. The van der Waals surface area contributed by atoms with Crippen molar-refractivity contribution >= 4 is 50.2 Å². The van der Waals surface area contributed by atoms with E-state index in [9.17, 15) is 13.2 Å². The Bertz CT molecular complexity index is 1120. The van der Waals surface area contributed by atoms with Crippen LogP contribution < -0.4 is 9.62 Å². The van der Waals surface area contributed by atoms with E-state index in [1.165, 1.54) is 27.8 Å². The highest BCUT2D eigenvalue weighted by Crippen LogP contribution is 2.30. The molecule has 152 valence electrons. The minimum absolute atomic E-state index is 0.0628. The number of benzene rings is 2. The van der Waals surface area contributed by atoms with Crippen LogP contribution in [0, 0.1) is 6.92 Å². The van der Waals surface area contributed by atoms with Gasteiger partial charge in [0.15, 0.2) is 0 Å². The molecule has 0 unspecified atom stereocenters. The molecule has 2 aromatic carbocycles. The second-order valence-electron chi connectivity index (χ2n) is 6.23. The zero-order chi connectivity index (χ0) is 21.0. The molecule has 6 nitrogen and oxygen atoms in total. The van der Waals surface area contributed by atoms with Crippen molar-refractivity contribution in [3.05, 3.63) is 69.6 Å². The Morgan fingerprint density at radius 3 is 2.55 bits per heavy atom. The van der Waals surface area contributed by atoms with Crippen molar-refractivity contribution in [2.75, 3.05) is 16.2 Å². The lowest BCUT2D eigenvalue weighted by Gasteiger charge is -2.23. The summed E-state index contributed by atoms with van der Waals surface area (Å²) in [6.45, 7) is 3.86. The molecule has 0 spiro atoms. The first-order valence-corrected chi connectivity index (χ1v) is 11.6. The third kappa shape index (κ3) is 4.95. The van der Waals surface area contributed by atoms with Gasteiger partial charge in [0.2, 0.25) is 5.91 Å². The van der Waals surface area contributed by atoms with Gasteiger partial charge >= 0.3 is 0 Å². The summed E-state index contributed by atoms with van der Waals surface area (Å²) in [4.78, 5) is 16.5. The van der Waals surface area contributed by atoms with Gasteiger partial charge in [-0.1, -0.05) is 29.8 Å². The van der Waals surface area contributed by atoms with Crippen LogP contribution in [-0.2, 0) is 21.2 Å². The van der Waals surface area contributed by atoms with E-state index in [4.69, 9.17) is 11.6 Å². The van der Waals surface area contributed by atoms with E-state index in [2.05, 4.69) is 10.3 Å². The number of amides is 1. The first-order valence-electron chi connectivity index (χ1n) is 8.89. The van der Waals surface area contributed by atoms with Crippen molar-refractivity contribution < 1.29 is 13.2 Å². The smallest absolute Gasteiger partial charge is 0.265 e. The van der Waals surface area contributed by atoms with E-state index in [-0.39, 0.29) is 28.8 Å². The number of hydrogen-bond donors (Lipinski definition) is 1. The molecule has 0 radical (unpaired) electrons. The lowest BCUT2D eigenvalue weighted by Crippen LogP contribution is -2.31. The number of carbonyl (C=O) groups is 1. The Morgan fingerprint density at radius 2 is 1.93 bits per heavy atom. The van der Waals surface area contributed by atoms with Crippen molar-refractivity contribution in [3.63, 3.8) is 0 Å². The maximum Gasteiger partial charge on any atom is 0.265 e. The molecule has 0 saturated heterocycles. The zero-order valence-corrected chi connectivity index (χ0v) is 18.3. The van der Waals surface area contributed by atoms with Gasteiger partial charge in [-0.25, -0.2) is 13.4 Å². The summed E-state index contributed by atoms with van der Waals surface area (Å²) >= 11 is 7.68. The second-order valence-corrected chi connectivity index (χ2v) is 9.53. The van der Waals surface area contributed by atoms with Crippen LogP contribution in [0.1, 0.15) is 17.6 Å². The minimum atomic E-state index is -3.91. The molecule has 1 aromatic heterocycles. The lowest BCUT2D eigenvalue weighted by atomic mass is 10.3. The van der Waals surface area contributed by atoms with Crippen LogP contribution in [0.25, 0.3) is 0 Å². The molecule has 0 bridgehead atoms. The summed E-state index contributed by atoms with van der Waals surface area (Å²) in [6.07, 6.45) is 0.111. The Hall–Kier alpha value is -2.42. The molecule has 1 N–H and O–H groups in total. The monoisotopic (exact) mass is 449 g/mol. The fourth-order valence-electron chi connectivity index (χ4n) is 2.84. The van der Waals surface area contributed by atoms with Gasteiger partial charge in [0.05, 0.1) is 27.8 Å². The fourth-order valence-corrected chi connectivity index (χ4v) is 5.43. The number of thiazole rings is 1. The number of sulfonamides is 1. The molecule has 29 heavy (non-hydrogen) atoms. The quantitative estimate of drug-likeness (QED) is 0.575. The molecule has 1 amide bonds. The van der Waals surface area contributed by atoms with Crippen molar-refractivity contribution in [1.82, 2.24) is 4.98 Å². The number of nitrogens with zero attached hydrogens (tertiary/aromatic N) is 2. The predicted molar refractivity (Wildman–Crippen MR) is 117 cm³/mol. The number of anilines is 2. The van der Waals surface area contributed by atoms with Crippen LogP contribution in [0.4, 0.5) is 11.4 Å². The molecule has 3 rings (SSSR count). The Morgan fingerprint density at radius 1 is 1.21 bits per heavy atom. The largest absolute Gasteiger partial charge is 0.326 e. The van der Waals surface area contributed by atoms with Crippen LogP contribution >= 0.6 is 22.9 Å². The summed E-state index contributed by atoms with van der Waals surface area (Å²) in [7, 11) is -3.91. The van der Waals surface area contributed by atoms with Crippen LogP contribution in [-0.4, -0.2) is 25.9 Å². The normalized spacial score (nSPS) is 11.3. The topological polar surface area (TPSA) is 79.4 Å². The van der Waals surface area contributed by atoms with Gasteiger partial charge in [0.1, 0.15) is 4.90 Å². The maximum absolute atomic E-state index is 13.2. The van der Waals surface area contributed by atoms with E-state index in [1.807, 2.05) is 18.4 Å². The zero-order valence-electron chi connectivity index (χ0n) is 15.9. The summed E-state index contributed by atoms with van der Waals surface area (Å²) in [5, 5.41) is 5.52. The summed E-state index contributed by atoms with van der Waals surface area (Å²) in [5.41, 5.74) is 1.57. The van der Waals surface area contributed by atoms with Crippen LogP contribution in [0.5, 0.6) is 0 Å². The highest BCUT2D eigenvalue weighted by atomic mass is 35.5. The highest BCUT2D eigenvalue weighted by molar-refractivity contribution is 7.93. The minimum Gasteiger partial charge on any atom is -0.326 e. The number of para-hydroxylation sites is 1. The van der Waals surface area contributed by atoms with Crippen molar-refractivity contribution in [3.8, 4) is 0 Å². The molecule has 9 heteroatoms. The van der Waals surface area contributed by atoms with Gasteiger partial charge in [0.25, 0.3) is 10.0 Å². The van der Waals surface area contributed by atoms with Gasteiger partial charge in [-0.2, -0.15) is 0 Å². The second kappa shape index (κ2) is 8.94. The Kier molecular flexibility index (Phi) is 6.56. The van der Waals surface area contributed by atoms with E-state index < -0.39 is 10.0 Å². The van der Waals surface area contributed by atoms with Crippen LogP contribution in [0.3, 0.4) is 0 Å². The average Bonchev–Trinajstić information content (AvgIpc) is 3.09. The van der Waals surface area contributed by atoms with E-state index in [0.717, 1.165) is 5.01 Å². The number of nitrogens with one attached hydrogen (secondary N) is 1. The Labute approximate surface area is 179 Å². The predicted octanol–water partition coefficient (Wildman–Crippen LogP) is 4.50. The van der Waals surface area contributed by atoms with Crippen molar-refractivity contribution in [2.45, 2.75) is 25.2 Å². The molecular formula is C20H20ClN3O3S2. The maximum atomic E-state index is 13.2. The number of halogens is 1. The molecule has 0 aliphatic carbocycles. The molecule has 3 aromatic rings. The van der Waals surface area contributed by atoms with Crippen LogP contribution in [0.15, 0.2) is 58.8 Å². The molecule has 0 aliphatic heterocycles. The van der Waals surface area contributed by atoms with Gasteiger partial charge in [-0.15, -0.1) is 11.3 Å². The highest BCUT2D eigenvalue weighted by Gasteiger charge is 2.26. The lowest BCUT2D eigenvalue weighted by molar-refractivity contribution is -0.115. The standard InChI is InChI=1S/C20H20ClN3O3S2/c1-3-24(17-7-5-4-6-8-17)29(26,27)19-11-15(9-10-18(19)21)23-20(25)12-16-13-28-14(2)22-16/h4-11,13H,3,12H2,1-2H3,(H,23,25). The molecule has 0 atom stereocenters. The first-order chi connectivity index (χ1) is 13.8. The van der Waals surface area contributed by atoms with Crippen LogP contribution in [0.2, 0.25) is 5.02 Å². The number of aryl methyl sites for hydroxylation is 1. The van der Waals surface area contributed by atoms with Gasteiger partial charge in [0, 0.05) is 17.6 Å². The number of hydrogen-bond acceptors (Lipinski definition) is 5. The summed E-state index contributed by atoms with van der Waals surface area (Å²) in [5.74, 6) is -0.281. The molecule has 1 heterocycles. The Balaban J connectivity index is 1.86. The molecule has 0 fully saturated rings. The SMILES string of the molecule is CCN(c1ccccc1)S(=O)(=O)c1cc(NC(=O)Cc2csc(C)n2)ccc1Cl. The van der Waals surface area contributed by atoms with Gasteiger partial charge in [-0.05, 0) is 44.2 Å². The van der Waals surface area contributed by atoms with Crippen molar-refractivity contribution in [1.29, 1.82) is 0 Å². The number of aromatic nitrogens is 1. The summed E-state index contributed by atoms with van der Waals surface area (Å²) < 4.78 is 27.7. The fraction of sp³-hybridized carbons (Fsp3) is 0.200. The molecule has 0 saturated carbocycles. The van der Waals surface area contributed by atoms with Gasteiger partial charge in [-0.3, -0.25) is 9.10 Å². The number of rotatable bonds is 7. The average molecular weight is 450 g/mol. The molecule has 0 aliphatic rings. The summed E-state index contributed by atoms with van der Waals surface area (Å²) in [6, 6.07) is 13.2. The van der Waals surface area contributed by atoms with Crippen molar-refractivity contribution in [2.24, 2.45) is 0 Å². The first kappa shape index (κ1) is 21.3.